The van der Waals surface area contributed by atoms with Crippen molar-refractivity contribution in [2.45, 2.75) is 109 Å². The van der Waals surface area contributed by atoms with Gasteiger partial charge in [0.2, 0.25) is 0 Å². The van der Waals surface area contributed by atoms with Crippen molar-refractivity contribution in [3.05, 3.63) is 0 Å². The van der Waals surface area contributed by atoms with Gasteiger partial charge in [-0.3, -0.25) is 0 Å². The Morgan fingerprint density at radius 1 is 0.750 bits per heavy atom. The van der Waals surface area contributed by atoms with Crippen molar-refractivity contribution < 1.29 is 4.74 Å². The molecule has 0 unspecified atom stereocenters. The third-order valence-corrected chi connectivity index (χ3v) is 6.44. The van der Waals surface area contributed by atoms with Gasteiger partial charge in [-0.25, -0.2) is 0 Å². The van der Waals surface area contributed by atoms with Crippen LogP contribution >= 0.6 is 0 Å². The number of hydrogen-bond acceptors (Lipinski definition) is 2. The molecule has 0 amide bonds. The topological polar surface area (TPSA) is 33.0 Å². The number of rotatable bonds is 10. The summed E-state index contributed by atoms with van der Waals surface area (Å²) in [6.07, 6.45) is 20.3. The molecular formula is C22H39NO. The fourth-order valence-electron chi connectivity index (χ4n) is 4.76. The molecule has 0 N–H and O–H groups in total. The standard InChI is InChI=1S/C22H39NO/c1-2-3-4-5-6-7-8-17-24-22-15-13-21(14-16-22)20-11-9-19(18-23)10-12-20/h19-22H,2-17H2,1H3. The summed E-state index contributed by atoms with van der Waals surface area (Å²) in [7, 11) is 0. The van der Waals surface area contributed by atoms with Gasteiger partial charge in [0, 0.05) is 12.5 Å². The van der Waals surface area contributed by atoms with Crippen LogP contribution in [-0.4, -0.2) is 12.7 Å². The molecule has 2 fully saturated rings. The van der Waals surface area contributed by atoms with E-state index < -0.39 is 0 Å². The van der Waals surface area contributed by atoms with Crippen LogP contribution < -0.4 is 0 Å². The maximum absolute atomic E-state index is 9.03. The molecule has 0 aliphatic heterocycles. The monoisotopic (exact) mass is 333 g/mol. The molecule has 0 radical (unpaired) electrons. The summed E-state index contributed by atoms with van der Waals surface area (Å²) >= 11 is 0. The van der Waals surface area contributed by atoms with Crippen LogP contribution in [-0.2, 0) is 4.74 Å². The first-order chi connectivity index (χ1) is 11.8. The van der Waals surface area contributed by atoms with Gasteiger partial charge in [-0.2, -0.15) is 5.26 Å². The van der Waals surface area contributed by atoms with Crippen LogP contribution in [0.15, 0.2) is 0 Å². The van der Waals surface area contributed by atoms with E-state index in [9.17, 15) is 0 Å². The van der Waals surface area contributed by atoms with Gasteiger partial charge in [-0.1, -0.05) is 45.4 Å². The third kappa shape index (κ3) is 7.14. The molecule has 0 bridgehead atoms. The lowest BCUT2D eigenvalue weighted by Crippen LogP contribution is -2.28. The van der Waals surface area contributed by atoms with E-state index in [1.165, 1.54) is 83.5 Å². The molecule has 0 aromatic rings. The van der Waals surface area contributed by atoms with Gasteiger partial charge >= 0.3 is 0 Å². The normalized spacial score (nSPS) is 30.8. The number of hydrogen-bond donors (Lipinski definition) is 0. The Balaban J connectivity index is 1.47. The van der Waals surface area contributed by atoms with E-state index in [1.54, 1.807) is 0 Å². The average molecular weight is 334 g/mol. The van der Waals surface area contributed by atoms with Gasteiger partial charge < -0.3 is 4.74 Å². The van der Waals surface area contributed by atoms with Crippen molar-refractivity contribution in [1.82, 2.24) is 0 Å². The van der Waals surface area contributed by atoms with Crippen LogP contribution in [0.3, 0.4) is 0 Å². The first-order valence-electron chi connectivity index (χ1n) is 10.8. The molecule has 0 saturated heterocycles. The van der Waals surface area contributed by atoms with Crippen molar-refractivity contribution in [3.63, 3.8) is 0 Å². The molecule has 2 heteroatoms. The quantitative estimate of drug-likeness (QED) is 0.420. The molecule has 24 heavy (non-hydrogen) atoms. The summed E-state index contributed by atoms with van der Waals surface area (Å²) < 4.78 is 6.14. The molecule has 0 spiro atoms. The predicted molar refractivity (Wildman–Crippen MR) is 101 cm³/mol. The fraction of sp³-hybridized carbons (Fsp3) is 0.955. The highest BCUT2D eigenvalue weighted by molar-refractivity contribution is 4.89. The molecule has 0 aromatic heterocycles. The maximum Gasteiger partial charge on any atom is 0.0655 e. The molecule has 2 rings (SSSR count). The summed E-state index contributed by atoms with van der Waals surface area (Å²) in [5, 5.41) is 9.03. The summed E-state index contributed by atoms with van der Waals surface area (Å²) in [6.45, 7) is 3.26. The molecule has 138 valence electrons. The lowest BCUT2D eigenvalue weighted by atomic mass is 9.71. The lowest BCUT2D eigenvalue weighted by molar-refractivity contribution is 0.00601. The minimum absolute atomic E-state index is 0.350. The molecule has 0 atom stereocenters. The van der Waals surface area contributed by atoms with Gasteiger partial charge in [0.25, 0.3) is 0 Å². The van der Waals surface area contributed by atoms with Crippen LogP contribution in [0.25, 0.3) is 0 Å². The SMILES string of the molecule is CCCCCCCCCOC1CCC(C2CCC(C#N)CC2)CC1. The van der Waals surface area contributed by atoms with Crippen molar-refractivity contribution in [1.29, 1.82) is 5.26 Å². The Morgan fingerprint density at radius 2 is 1.29 bits per heavy atom. The average Bonchev–Trinajstić information content (AvgIpc) is 2.64. The summed E-state index contributed by atoms with van der Waals surface area (Å²) in [6, 6.07) is 2.46. The zero-order chi connectivity index (χ0) is 17.0. The van der Waals surface area contributed by atoms with Crippen molar-refractivity contribution in [2.24, 2.45) is 17.8 Å². The first kappa shape index (κ1) is 19.8. The van der Waals surface area contributed by atoms with Crippen LogP contribution in [0.1, 0.15) is 103 Å². The number of unbranched alkanes of at least 4 members (excludes halogenated alkanes) is 6. The molecule has 2 saturated carbocycles. The van der Waals surface area contributed by atoms with E-state index in [0.717, 1.165) is 31.3 Å². The smallest absolute Gasteiger partial charge is 0.0655 e. The van der Waals surface area contributed by atoms with Gasteiger partial charge in [-0.05, 0) is 69.6 Å². The molecule has 2 aliphatic rings. The molecule has 0 aromatic carbocycles. The summed E-state index contributed by atoms with van der Waals surface area (Å²) in [5.41, 5.74) is 0. The van der Waals surface area contributed by atoms with E-state index in [1.807, 2.05) is 0 Å². The van der Waals surface area contributed by atoms with Crippen LogP contribution in [0.4, 0.5) is 0 Å². The summed E-state index contributed by atoms with van der Waals surface area (Å²) in [4.78, 5) is 0. The molecule has 0 heterocycles. The molecular weight excluding hydrogens is 294 g/mol. The van der Waals surface area contributed by atoms with E-state index >= 15 is 0 Å². The largest absolute Gasteiger partial charge is 0.378 e. The molecule has 2 aliphatic carbocycles. The maximum atomic E-state index is 9.03. The van der Waals surface area contributed by atoms with Gasteiger partial charge in [0.1, 0.15) is 0 Å². The van der Waals surface area contributed by atoms with Crippen molar-refractivity contribution >= 4 is 0 Å². The van der Waals surface area contributed by atoms with Crippen molar-refractivity contribution in [2.75, 3.05) is 6.61 Å². The zero-order valence-electron chi connectivity index (χ0n) is 16.0. The first-order valence-corrected chi connectivity index (χ1v) is 10.8. The van der Waals surface area contributed by atoms with Gasteiger partial charge in [0.15, 0.2) is 0 Å². The Morgan fingerprint density at radius 3 is 1.88 bits per heavy atom. The van der Waals surface area contributed by atoms with Crippen molar-refractivity contribution in [3.8, 4) is 6.07 Å². The van der Waals surface area contributed by atoms with E-state index in [4.69, 9.17) is 10.00 Å². The lowest BCUT2D eigenvalue weighted by Gasteiger charge is -2.36. The molecule has 2 nitrogen and oxygen atoms in total. The second-order valence-corrected chi connectivity index (χ2v) is 8.27. The van der Waals surface area contributed by atoms with Crippen LogP contribution in [0.2, 0.25) is 0 Å². The predicted octanol–water partition coefficient (Wildman–Crippen LogP) is 6.64. The number of nitriles is 1. The second kappa shape index (κ2) is 11.9. The third-order valence-electron chi connectivity index (χ3n) is 6.44. The minimum Gasteiger partial charge on any atom is -0.378 e. The van der Waals surface area contributed by atoms with E-state index in [2.05, 4.69) is 13.0 Å². The van der Waals surface area contributed by atoms with Gasteiger partial charge in [0.05, 0.1) is 12.2 Å². The second-order valence-electron chi connectivity index (χ2n) is 8.27. The van der Waals surface area contributed by atoms with Gasteiger partial charge in [-0.15, -0.1) is 0 Å². The zero-order valence-corrected chi connectivity index (χ0v) is 16.0. The minimum atomic E-state index is 0.350. The summed E-state index contributed by atoms with van der Waals surface area (Å²) in [5.74, 6) is 2.17. The highest BCUT2D eigenvalue weighted by Gasteiger charge is 2.30. The van der Waals surface area contributed by atoms with Crippen LogP contribution in [0.5, 0.6) is 0 Å². The Hall–Kier alpha value is -0.550. The number of ether oxygens (including phenoxy) is 1. The highest BCUT2D eigenvalue weighted by atomic mass is 16.5. The van der Waals surface area contributed by atoms with Crippen LogP contribution in [0, 0.1) is 29.1 Å². The Labute approximate surface area is 150 Å². The van der Waals surface area contributed by atoms with E-state index in [-0.39, 0.29) is 0 Å². The Bertz CT molecular complexity index is 345. The fourth-order valence-corrected chi connectivity index (χ4v) is 4.76. The number of nitrogens with zero attached hydrogens (tertiary/aromatic N) is 1. The Kier molecular flexibility index (Phi) is 9.81. The highest BCUT2D eigenvalue weighted by Crippen LogP contribution is 2.40. The van der Waals surface area contributed by atoms with E-state index in [0.29, 0.717) is 12.0 Å².